The van der Waals surface area contributed by atoms with Gasteiger partial charge in [0.2, 0.25) is 0 Å². The van der Waals surface area contributed by atoms with Crippen LogP contribution in [0.1, 0.15) is 15.4 Å². The summed E-state index contributed by atoms with van der Waals surface area (Å²) >= 11 is 6.53. The van der Waals surface area contributed by atoms with Gasteiger partial charge in [0.15, 0.2) is 5.69 Å². The SMILES string of the molecule is O=C(O)c1nnn(Cc2sccc2Br)c1-c1cccs1. The van der Waals surface area contributed by atoms with Crippen molar-refractivity contribution in [1.29, 1.82) is 0 Å². The lowest BCUT2D eigenvalue weighted by atomic mass is 10.2. The summed E-state index contributed by atoms with van der Waals surface area (Å²) in [6.45, 7) is 0.492. The predicted octanol–water partition coefficient (Wildman–Crippen LogP) is 3.58. The van der Waals surface area contributed by atoms with Gasteiger partial charge in [0.25, 0.3) is 0 Å². The van der Waals surface area contributed by atoms with E-state index in [-0.39, 0.29) is 5.69 Å². The molecule has 0 spiro atoms. The quantitative estimate of drug-likeness (QED) is 0.762. The summed E-state index contributed by atoms with van der Waals surface area (Å²) in [5.41, 5.74) is 0.535. The molecule has 0 saturated carbocycles. The lowest BCUT2D eigenvalue weighted by molar-refractivity contribution is 0.0691. The largest absolute Gasteiger partial charge is 0.476 e. The van der Waals surface area contributed by atoms with Gasteiger partial charge in [-0.05, 0) is 38.8 Å². The standard InChI is InChI=1S/C12H8BrN3O2S2/c13-7-3-5-20-9(7)6-16-11(8-2-1-4-19-8)10(12(17)18)14-15-16/h1-5H,6H2,(H,17,18). The molecule has 0 radical (unpaired) electrons. The highest BCUT2D eigenvalue weighted by Crippen LogP contribution is 2.30. The fourth-order valence-corrected chi connectivity index (χ4v) is 4.03. The lowest BCUT2D eigenvalue weighted by Gasteiger charge is -2.04. The van der Waals surface area contributed by atoms with Gasteiger partial charge in [-0.1, -0.05) is 11.3 Å². The first-order valence-corrected chi connectivity index (χ1v) is 8.14. The van der Waals surface area contributed by atoms with Crippen LogP contribution >= 0.6 is 38.6 Å². The molecule has 3 aromatic rings. The normalized spacial score (nSPS) is 10.8. The summed E-state index contributed by atoms with van der Waals surface area (Å²) in [6.07, 6.45) is 0. The molecular formula is C12H8BrN3O2S2. The van der Waals surface area contributed by atoms with Crippen LogP contribution in [0.15, 0.2) is 33.4 Å². The highest BCUT2D eigenvalue weighted by molar-refractivity contribution is 9.10. The molecule has 0 aliphatic carbocycles. The van der Waals surface area contributed by atoms with Crippen molar-refractivity contribution in [2.45, 2.75) is 6.54 Å². The van der Waals surface area contributed by atoms with Gasteiger partial charge in [-0.2, -0.15) is 0 Å². The Balaban J connectivity index is 2.08. The Kier molecular flexibility index (Phi) is 3.68. The van der Waals surface area contributed by atoms with E-state index in [0.717, 1.165) is 14.2 Å². The molecule has 20 heavy (non-hydrogen) atoms. The van der Waals surface area contributed by atoms with Crippen LogP contribution in [0.3, 0.4) is 0 Å². The van der Waals surface area contributed by atoms with Gasteiger partial charge in [0.05, 0.1) is 11.4 Å². The average molecular weight is 370 g/mol. The maximum atomic E-state index is 11.3. The van der Waals surface area contributed by atoms with Crippen molar-refractivity contribution in [3.63, 3.8) is 0 Å². The van der Waals surface area contributed by atoms with Crippen LogP contribution in [0.25, 0.3) is 10.6 Å². The predicted molar refractivity (Wildman–Crippen MR) is 81.4 cm³/mol. The Morgan fingerprint density at radius 2 is 2.20 bits per heavy atom. The Morgan fingerprint density at radius 1 is 1.35 bits per heavy atom. The van der Waals surface area contributed by atoms with E-state index in [9.17, 15) is 9.90 Å². The van der Waals surface area contributed by atoms with E-state index in [1.54, 1.807) is 16.0 Å². The summed E-state index contributed by atoms with van der Waals surface area (Å²) < 4.78 is 2.62. The smallest absolute Gasteiger partial charge is 0.358 e. The average Bonchev–Trinajstić information content (AvgIpc) is 3.11. The number of hydrogen-bond donors (Lipinski definition) is 1. The molecule has 5 nitrogen and oxygen atoms in total. The molecule has 1 N–H and O–H groups in total. The molecule has 0 atom stereocenters. The minimum absolute atomic E-state index is 0.0138. The Morgan fingerprint density at radius 3 is 2.80 bits per heavy atom. The number of thiophene rings is 2. The van der Waals surface area contributed by atoms with Crippen molar-refractivity contribution in [2.75, 3.05) is 0 Å². The van der Waals surface area contributed by atoms with Crippen molar-refractivity contribution in [1.82, 2.24) is 15.0 Å². The molecule has 0 aliphatic rings. The molecule has 0 unspecified atom stereocenters. The third kappa shape index (κ3) is 2.41. The van der Waals surface area contributed by atoms with Gasteiger partial charge in [-0.3, -0.25) is 0 Å². The van der Waals surface area contributed by atoms with Crippen LogP contribution in [0.4, 0.5) is 0 Å². The van der Waals surface area contributed by atoms with Crippen molar-refractivity contribution in [3.8, 4) is 10.6 Å². The van der Waals surface area contributed by atoms with Crippen molar-refractivity contribution in [2.24, 2.45) is 0 Å². The third-order valence-corrected chi connectivity index (χ3v) is 5.46. The minimum Gasteiger partial charge on any atom is -0.476 e. The van der Waals surface area contributed by atoms with Crippen molar-refractivity contribution in [3.05, 3.63) is 44.0 Å². The number of aromatic carboxylic acids is 1. The van der Waals surface area contributed by atoms with Crippen molar-refractivity contribution >= 4 is 44.6 Å². The molecule has 0 bridgehead atoms. The molecule has 0 saturated heterocycles. The van der Waals surface area contributed by atoms with E-state index >= 15 is 0 Å². The molecular weight excluding hydrogens is 362 g/mol. The second-order valence-electron chi connectivity index (χ2n) is 3.92. The summed E-state index contributed by atoms with van der Waals surface area (Å²) in [5.74, 6) is -1.06. The van der Waals surface area contributed by atoms with Gasteiger partial charge >= 0.3 is 5.97 Å². The number of hydrogen-bond acceptors (Lipinski definition) is 5. The Bertz CT molecular complexity index is 749. The highest BCUT2D eigenvalue weighted by Gasteiger charge is 2.21. The van der Waals surface area contributed by atoms with Gasteiger partial charge < -0.3 is 5.11 Å². The molecule has 0 aliphatic heterocycles. The summed E-state index contributed by atoms with van der Waals surface area (Å²) in [5, 5.41) is 20.9. The summed E-state index contributed by atoms with van der Waals surface area (Å²) in [7, 11) is 0. The highest BCUT2D eigenvalue weighted by atomic mass is 79.9. The van der Waals surface area contributed by atoms with Crippen LogP contribution in [-0.2, 0) is 6.54 Å². The monoisotopic (exact) mass is 369 g/mol. The third-order valence-electron chi connectivity index (χ3n) is 2.68. The number of carboxylic acid groups (broad SMARTS) is 1. The zero-order valence-corrected chi connectivity index (χ0v) is 13.2. The second-order valence-corrected chi connectivity index (χ2v) is 6.72. The van der Waals surface area contributed by atoms with E-state index < -0.39 is 5.97 Å². The maximum absolute atomic E-state index is 11.3. The zero-order chi connectivity index (χ0) is 14.1. The van der Waals surface area contributed by atoms with Crippen LogP contribution in [-0.4, -0.2) is 26.1 Å². The molecule has 3 aromatic heterocycles. The molecule has 3 heterocycles. The van der Waals surface area contributed by atoms with Gasteiger partial charge in [0.1, 0.15) is 5.69 Å². The number of aromatic nitrogens is 3. The Labute approximate surface area is 130 Å². The lowest BCUT2D eigenvalue weighted by Crippen LogP contribution is -2.04. The van der Waals surface area contributed by atoms with Gasteiger partial charge in [-0.15, -0.1) is 27.8 Å². The molecule has 3 rings (SSSR count). The molecule has 8 heteroatoms. The Hall–Kier alpha value is -1.51. The summed E-state index contributed by atoms with van der Waals surface area (Å²) in [4.78, 5) is 13.2. The first kappa shape index (κ1) is 13.5. The van der Waals surface area contributed by atoms with E-state index in [0.29, 0.717) is 12.2 Å². The topological polar surface area (TPSA) is 68.0 Å². The zero-order valence-electron chi connectivity index (χ0n) is 9.99. The van der Waals surface area contributed by atoms with Gasteiger partial charge in [0, 0.05) is 9.35 Å². The maximum Gasteiger partial charge on any atom is 0.358 e. The molecule has 0 aromatic carbocycles. The van der Waals surface area contributed by atoms with E-state index in [4.69, 9.17) is 0 Å². The second kappa shape index (κ2) is 5.47. The van der Waals surface area contributed by atoms with E-state index in [1.807, 2.05) is 29.0 Å². The van der Waals surface area contributed by atoms with Crippen LogP contribution < -0.4 is 0 Å². The fourth-order valence-electron chi connectivity index (χ4n) is 1.80. The van der Waals surface area contributed by atoms with E-state index in [2.05, 4.69) is 26.2 Å². The number of nitrogens with zero attached hydrogens (tertiary/aromatic N) is 3. The van der Waals surface area contributed by atoms with Crippen molar-refractivity contribution < 1.29 is 9.90 Å². The first-order chi connectivity index (χ1) is 9.66. The number of carbonyl (C=O) groups is 1. The number of rotatable bonds is 4. The fraction of sp³-hybridized carbons (Fsp3) is 0.0833. The van der Waals surface area contributed by atoms with Crippen LogP contribution in [0.2, 0.25) is 0 Å². The van der Waals surface area contributed by atoms with Crippen LogP contribution in [0.5, 0.6) is 0 Å². The number of carboxylic acids is 1. The molecule has 0 amide bonds. The number of halogens is 1. The van der Waals surface area contributed by atoms with E-state index in [1.165, 1.54) is 11.3 Å². The molecule has 0 fully saturated rings. The summed E-state index contributed by atoms with van der Waals surface area (Å²) in [6, 6.07) is 5.71. The van der Waals surface area contributed by atoms with Crippen LogP contribution in [0, 0.1) is 0 Å². The first-order valence-electron chi connectivity index (χ1n) is 5.59. The van der Waals surface area contributed by atoms with Gasteiger partial charge in [-0.25, -0.2) is 9.48 Å². The molecule has 102 valence electrons. The minimum atomic E-state index is -1.06.